The molecular weight excluding hydrogens is 349 g/mol. The van der Waals surface area contributed by atoms with Crippen LogP contribution in [0.4, 0.5) is 5.69 Å². The lowest BCUT2D eigenvalue weighted by Crippen LogP contribution is -2.34. The molecule has 126 valence electrons. The summed E-state index contributed by atoms with van der Waals surface area (Å²) in [7, 11) is 0. The van der Waals surface area contributed by atoms with Gasteiger partial charge in [0, 0.05) is 38.8 Å². The molecule has 0 saturated heterocycles. The van der Waals surface area contributed by atoms with E-state index < -0.39 is 0 Å². The maximum Gasteiger partial charge on any atom is 0.223 e. The van der Waals surface area contributed by atoms with E-state index in [1.807, 2.05) is 6.07 Å². The molecule has 5 nitrogen and oxygen atoms in total. The van der Waals surface area contributed by atoms with Crippen molar-refractivity contribution in [3.8, 4) is 0 Å². The smallest absolute Gasteiger partial charge is 0.223 e. The first-order valence-corrected chi connectivity index (χ1v) is 8.12. The number of benzene rings is 1. The van der Waals surface area contributed by atoms with E-state index >= 15 is 0 Å². The third-order valence-corrected chi connectivity index (χ3v) is 4.19. The topological polar surface area (TPSA) is 62.3 Å². The van der Waals surface area contributed by atoms with Gasteiger partial charge in [-0.3, -0.25) is 14.6 Å². The number of aromatic nitrogens is 1. The quantitative estimate of drug-likeness (QED) is 0.852. The zero-order valence-corrected chi connectivity index (χ0v) is 14.6. The van der Waals surface area contributed by atoms with E-state index in [9.17, 15) is 9.59 Å². The van der Waals surface area contributed by atoms with Crippen molar-refractivity contribution >= 4 is 40.7 Å². The summed E-state index contributed by atoms with van der Waals surface area (Å²) in [4.78, 5) is 29.3. The summed E-state index contributed by atoms with van der Waals surface area (Å²) in [6.07, 6.45) is 3.52. The maximum absolute atomic E-state index is 12.0. The van der Waals surface area contributed by atoms with Gasteiger partial charge < -0.3 is 10.2 Å². The lowest BCUT2D eigenvalue weighted by atomic mass is 10.2. The second-order valence-electron chi connectivity index (χ2n) is 5.13. The highest BCUT2D eigenvalue weighted by Crippen LogP contribution is 2.32. The van der Waals surface area contributed by atoms with Crippen LogP contribution in [0.3, 0.4) is 0 Å². The molecule has 0 aliphatic carbocycles. The number of anilines is 1. The Kier molecular flexibility index (Phi) is 6.58. The predicted octanol–water partition coefficient (Wildman–Crippen LogP) is 3.45. The molecule has 1 N–H and O–H groups in total. The van der Waals surface area contributed by atoms with Crippen LogP contribution in [-0.2, 0) is 16.1 Å². The number of rotatable bonds is 6. The number of carbonyl (C=O) groups is 2. The van der Waals surface area contributed by atoms with E-state index in [2.05, 4.69) is 10.3 Å². The molecule has 2 aromatic rings. The van der Waals surface area contributed by atoms with Gasteiger partial charge in [0.2, 0.25) is 11.8 Å². The van der Waals surface area contributed by atoms with E-state index in [1.165, 1.54) is 11.8 Å². The van der Waals surface area contributed by atoms with Crippen LogP contribution < -0.4 is 10.2 Å². The Labute approximate surface area is 150 Å². The number of hydrogen-bond donors (Lipinski definition) is 1. The highest BCUT2D eigenvalue weighted by Gasteiger charge is 2.17. The highest BCUT2D eigenvalue weighted by molar-refractivity contribution is 6.44. The maximum atomic E-state index is 12.0. The van der Waals surface area contributed by atoms with Crippen molar-refractivity contribution in [3.63, 3.8) is 0 Å². The van der Waals surface area contributed by atoms with Crippen molar-refractivity contribution < 1.29 is 9.59 Å². The first-order chi connectivity index (χ1) is 11.5. The van der Waals surface area contributed by atoms with E-state index in [0.717, 1.165) is 5.56 Å². The molecule has 1 heterocycles. The van der Waals surface area contributed by atoms with Gasteiger partial charge in [-0.05, 0) is 23.8 Å². The molecule has 24 heavy (non-hydrogen) atoms. The molecule has 0 atom stereocenters. The molecule has 1 aromatic heterocycles. The molecule has 0 unspecified atom stereocenters. The summed E-state index contributed by atoms with van der Waals surface area (Å²) in [6.45, 7) is 2.03. The molecule has 0 radical (unpaired) electrons. The van der Waals surface area contributed by atoms with E-state index in [1.54, 1.807) is 36.7 Å². The Hall–Kier alpha value is -2.11. The van der Waals surface area contributed by atoms with Crippen molar-refractivity contribution in [2.75, 3.05) is 11.4 Å². The third kappa shape index (κ3) is 4.94. The van der Waals surface area contributed by atoms with E-state index in [0.29, 0.717) is 22.3 Å². The molecule has 0 fully saturated rings. The summed E-state index contributed by atoms with van der Waals surface area (Å²) >= 11 is 12.1. The molecular formula is C17H17Cl2N3O2. The molecule has 0 aliphatic heterocycles. The monoisotopic (exact) mass is 365 g/mol. The zero-order valence-electron chi connectivity index (χ0n) is 13.1. The Balaban J connectivity index is 1.95. The van der Waals surface area contributed by atoms with Crippen molar-refractivity contribution in [2.24, 2.45) is 0 Å². The van der Waals surface area contributed by atoms with E-state index in [-0.39, 0.29) is 24.8 Å². The second-order valence-corrected chi connectivity index (χ2v) is 5.92. The molecule has 1 aromatic carbocycles. The number of carbonyl (C=O) groups excluding carboxylic acids is 2. The normalized spacial score (nSPS) is 10.3. The van der Waals surface area contributed by atoms with Crippen molar-refractivity contribution in [2.45, 2.75) is 19.9 Å². The van der Waals surface area contributed by atoms with Crippen molar-refractivity contribution in [3.05, 3.63) is 58.3 Å². The first kappa shape index (κ1) is 18.2. The van der Waals surface area contributed by atoms with Gasteiger partial charge in [0.1, 0.15) is 0 Å². The second kappa shape index (κ2) is 8.66. The van der Waals surface area contributed by atoms with Gasteiger partial charge in [-0.1, -0.05) is 35.3 Å². The lowest BCUT2D eigenvalue weighted by Gasteiger charge is -2.22. The minimum absolute atomic E-state index is 0.155. The van der Waals surface area contributed by atoms with Crippen LogP contribution in [0, 0.1) is 0 Å². The Bertz CT molecular complexity index is 723. The summed E-state index contributed by atoms with van der Waals surface area (Å²) in [5.74, 6) is -0.373. The van der Waals surface area contributed by atoms with Gasteiger partial charge in [-0.2, -0.15) is 0 Å². The molecule has 7 heteroatoms. The zero-order chi connectivity index (χ0) is 17.5. The average Bonchev–Trinajstić information content (AvgIpc) is 2.57. The van der Waals surface area contributed by atoms with Gasteiger partial charge in [-0.15, -0.1) is 0 Å². The van der Waals surface area contributed by atoms with Crippen molar-refractivity contribution in [1.29, 1.82) is 0 Å². The first-order valence-electron chi connectivity index (χ1n) is 7.36. The van der Waals surface area contributed by atoms with Crippen LogP contribution >= 0.6 is 23.2 Å². The fourth-order valence-electron chi connectivity index (χ4n) is 2.15. The standard InChI is InChI=1S/C17H17Cl2N3O2/c1-12(23)22(15-6-2-5-14(18)17(15)19)9-7-16(24)21-11-13-4-3-8-20-10-13/h2-6,8,10H,7,9,11H2,1H3,(H,21,24). The van der Waals surface area contributed by atoms with Crippen LogP contribution in [0.1, 0.15) is 18.9 Å². The average molecular weight is 366 g/mol. The summed E-state index contributed by atoms with van der Waals surface area (Å²) < 4.78 is 0. The van der Waals surface area contributed by atoms with E-state index in [4.69, 9.17) is 23.2 Å². The summed E-state index contributed by atoms with van der Waals surface area (Å²) in [5, 5.41) is 3.45. The highest BCUT2D eigenvalue weighted by atomic mass is 35.5. The van der Waals surface area contributed by atoms with Crippen LogP contribution in [0.5, 0.6) is 0 Å². The molecule has 2 amide bonds. The molecule has 0 bridgehead atoms. The van der Waals surface area contributed by atoms with Crippen LogP contribution in [0.15, 0.2) is 42.7 Å². The minimum Gasteiger partial charge on any atom is -0.352 e. The number of hydrogen-bond acceptors (Lipinski definition) is 3. The van der Waals surface area contributed by atoms with Crippen LogP contribution in [0.2, 0.25) is 10.0 Å². The Morgan fingerprint density at radius 2 is 2.00 bits per heavy atom. The van der Waals surface area contributed by atoms with Crippen LogP contribution in [0.25, 0.3) is 0 Å². The lowest BCUT2D eigenvalue weighted by molar-refractivity contribution is -0.121. The van der Waals surface area contributed by atoms with Crippen molar-refractivity contribution in [1.82, 2.24) is 10.3 Å². The number of nitrogens with one attached hydrogen (secondary N) is 1. The van der Waals surface area contributed by atoms with Gasteiger partial charge >= 0.3 is 0 Å². The fraction of sp³-hybridized carbons (Fsp3) is 0.235. The Morgan fingerprint density at radius 1 is 1.21 bits per heavy atom. The third-order valence-electron chi connectivity index (χ3n) is 3.38. The van der Waals surface area contributed by atoms with Crippen LogP contribution in [-0.4, -0.2) is 23.3 Å². The number of halogens is 2. The van der Waals surface area contributed by atoms with Gasteiger partial charge in [-0.25, -0.2) is 0 Å². The number of pyridine rings is 1. The van der Waals surface area contributed by atoms with Gasteiger partial charge in [0.05, 0.1) is 15.7 Å². The minimum atomic E-state index is -0.209. The summed E-state index contributed by atoms with van der Waals surface area (Å²) in [5.41, 5.74) is 1.41. The Morgan fingerprint density at radius 3 is 2.67 bits per heavy atom. The molecule has 0 aliphatic rings. The molecule has 0 spiro atoms. The molecule has 0 saturated carbocycles. The number of nitrogens with zero attached hydrogens (tertiary/aromatic N) is 2. The van der Waals surface area contributed by atoms with Gasteiger partial charge in [0.15, 0.2) is 0 Å². The van der Waals surface area contributed by atoms with Gasteiger partial charge in [0.25, 0.3) is 0 Å². The summed E-state index contributed by atoms with van der Waals surface area (Å²) in [6, 6.07) is 8.73. The largest absolute Gasteiger partial charge is 0.352 e. The fourth-order valence-corrected chi connectivity index (χ4v) is 2.55. The SMILES string of the molecule is CC(=O)N(CCC(=O)NCc1cccnc1)c1cccc(Cl)c1Cl. The predicted molar refractivity (Wildman–Crippen MR) is 95.2 cm³/mol. The molecule has 2 rings (SSSR count). The number of amides is 2.